The second kappa shape index (κ2) is 7.85. The summed E-state index contributed by atoms with van der Waals surface area (Å²) in [6, 6.07) is 13.6. The zero-order chi connectivity index (χ0) is 21.7. The Morgan fingerprint density at radius 2 is 1.42 bits per heavy atom. The van der Waals surface area contributed by atoms with Gasteiger partial charge in [-0.3, -0.25) is 0 Å². The number of hydrogen-bond acceptors (Lipinski definition) is 0. The molecule has 0 N–H and O–H groups in total. The van der Waals surface area contributed by atoms with Crippen LogP contribution >= 0.6 is 0 Å². The molecule has 0 atom stereocenters. The highest BCUT2D eigenvalue weighted by molar-refractivity contribution is 6.03. The van der Waals surface area contributed by atoms with Gasteiger partial charge in [0.25, 0.3) is 0 Å². The molecule has 0 nitrogen and oxygen atoms in total. The molecule has 0 aromatic heterocycles. The van der Waals surface area contributed by atoms with E-state index in [4.69, 9.17) is 0 Å². The fourth-order valence-corrected chi connectivity index (χ4v) is 5.24. The zero-order valence-electron chi connectivity index (χ0n) is 18.1. The maximum atomic E-state index is 15.4. The van der Waals surface area contributed by atoms with Crippen LogP contribution in [0.5, 0.6) is 0 Å². The van der Waals surface area contributed by atoms with Gasteiger partial charge in [0.1, 0.15) is 5.82 Å². The molecule has 0 spiro atoms. The van der Waals surface area contributed by atoms with E-state index < -0.39 is 11.6 Å². The summed E-state index contributed by atoms with van der Waals surface area (Å²) in [6.45, 7) is 4.25. The molecule has 0 heterocycles. The smallest absolute Gasteiger partial charge is 0.167 e. The molecule has 0 amide bonds. The van der Waals surface area contributed by atoms with Gasteiger partial charge in [0.15, 0.2) is 11.6 Å². The molecule has 3 aromatic carbocycles. The summed E-state index contributed by atoms with van der Waals surface area (Å²) >= 11 is 0. The zero-order valence-corrected chi connectivity index (χ0v) is 18.1. The number of hydrogen-bond donors (Lipinski definition) is 0. The minimum Gasteiger partial charge on any atom is -0.206 e. The summed E-state index contributed by atoms with van der Waals surface area (Å²) in [4.78, 5) is 0. The number of rotatable bonds is 4. The lowest BCUT2D eigenvalue weighted by molar-refractivity contribution is 0.342. The Morgan fingerprint density at radius 3 is 2.13 bits per heavy atom. The van der Waals surface area contributed by atoms with Crippen molar-refractivity contribution in [3.05, 3.63) is 82.2 Å². The summed E-state index contributed by atoms with van der Waals surface area (Å²) in [5, 5.41) is 0. The highest BCUT2D eigenvalue weighted by Gasteiger charge is 2.35. The van der Waals surface area contributed by atoms with Gasteiger partial charge in [0.2, 0.25) is 0 Å². The predicted octanol–water partition coefficient (Wildman–Crippen LogP) is 8.14. The largest absolute Gasteiger partial charge is 0.206 e. The van der Waals surface area contributed by atoms with Crippen LogP contribution in [-0.4, -0.2) is 0 Å². The van der Waals surface area contributed by atoms with Crippen LogP contribution < -0.4 is 0 Å². The normalized spacial score (nSPS) is 19.5. The van der Waals surface area contributed by atoms with Crippen LogP contribution in [0.25, 0.3) is 22.3 Å². The topological polar surface area (TPSA) is 0 Å². The van der Waals surface area contributed by atoms with Crippen molar-refractivity contribution < 1.29 is 13.2 Å². The first kappa shape index (κ1) is 20.4. The van der Waals surface area contributed by atoms with E-state index in [-0.39, 0.29) is 22.9 Å². The van der Waals surface area contributed by atoms with Gasteiger partial charge in [-0.2, -0.15) is 0 Å². The van der Waals surface area contributed by atoms with Gasteiger partial charge in [-0.1, -0.05) is 61.7 Å². The Labute approximate surface area is 182 Å². The SMILES string of the molecule is Cc1ccc(CCc2cc3c(c(F)c2F)-c2c-3ccc(C3CCC(C)CC3)c2F)cc1. The molecule has 1 saturated carbocycles. The Hall–Kier alpha value is -2.55. The van der Waals surface area contributed by atoms with E-state index in [2.05, 4.69) is 6.92 Å². The summed E-state index contributed by atoms with van der Waals surface area (Å²) in [5.41, 5.74) is 5.01. The maximum Gasteiger partial charge on any atom is 0.167 e. The second-order valence-corrected chi connectivity index (χ2v) is 9.42. The second-order valence-electron chi connectivity index (χ2n) is 9.42. The molecule has 5 rings (SSSR count). The lowest BCUT2D eigenvalue weighted by Gasteiger charge is -2.31. The van der Waals surface area contributed by atoms with Crippen molar-refractivity contribution in [2.24, 2.45) is 5.92 Å². The molecule has 0 bridgehead atoms. The summed E-state index contributed by atoms with van der Waals surface area (Å²) in [6.07, 6.45) is 5.14. The number of aryl methyl sites for hydroxylation is 3. The quantitative estimate of drug-likeness (QED) is 0.312. The molecule has 2 aliphatic carbocycles. The van der Waals surface area contributed by atoms with Crippen molar-refractivity contribution in [2.75, 3.05) is 0 Å². The van der Waals surface area contributed by atoms with Crippen LogP contribution in [0.3, 0.4) is 0 Å². The lowest BCUT2D eigenvalue weighted by Crippen LogP contribution is -2.15. The van der Waals surface area contributed by atoms with Gasteiger partial charge in [-0.25, -0.2) is 13.2 Å². The molecule has 0 saturated heterocycles. The highest BCUT2D eigenvalue weighted by Crippen LogP contribution is 2.53. The molecule has 3 aromatic rings. The molecule has 1 fully saturated rings. The van der Waals surface area contributed by atoms with Crippen LogP contribution in [0, 0.1) is 30.3 Å². The maximum absolute atomic E-state index is 15.4. The third-order valence-corrected chi connectivity index (χ3v) is 7.25. The van der Waals surface area contributed by atoms with E-state index in [0.717, 1.165) is 31.2 Å². The van der Waals surface area contributed by atoms with Crippen molar-refractivity contribution in [1.82, 2.24) is 0 Å². The summed E-state index contributed by atoms with van der Waals surface area (Å²) in [7, 11) is 0. The molecule has 0 aliphatic heterocycles. The molecule has 31 heavy (non-hydrogen) atoms. The Morgan fingerprint density at radius 1 is 0.742 bits per heavy atom. The lowest BCUT2D eigenvalue weighted by atomic mass is 9.74. The van der Waals surface area contributed by atoms with E-state index in [9.17, 15) is 4.39 Å². The van der Waals surface area contributed by atoms with Crippen molar-refractivity contribution in [3.63, 3.8) is 0 Å². The first-order chi connectivity index (χ1) is 14.9. The number of halogens is 3. The van der Waals surface area contributed by atoms with Crippen LogP contribution in [-0.2, 0) is 12.8 Å². The van der Waals surface area contributed by atoms with Crippen LogP contribution in [0.15, 0.2) is 42.5 Å². The third-order valence-electron chi connectivity index (χ3n) is 7.25. The van der Waals surface area contributed by atoms with E-state index in [1.165, 1.54) is 5.56 Å². The van der Waals surface area contributed by atoms with E-state index >= 15 is 8.78 Å². The number of benzene rings is 3. The van der Waals surface area contributed by atoms with Gasteiger partial charge < -0.3 is 0 Å². The first-order valence-corrected chi connectivity index (χ1v) is 11.3. The molecular weight excluding hydrogens is 393 g/mol. The number of fused-ring (bicyclic) bond motifs is 4. The standard InChI is InChI=1S/C28H27F3/c1-16-3-7-18(8-4-16)9-12-20-15-23-22-14-13-21(19-10-5-17(2)6-11-19)27(30)24(22)25(23)28(31)26(20)29/h3-4,7-8,13-15,17,19H,5-6,9-12H2,1-2H3. The first-order valence-electron chi connectivity index (χ1n) is 11.3. The van der Waals surface area contributed by atoms with Crippen LogP contribution in [0.4, 0.5) is 13.2 Å². The van der Waals surface area contributed by atoms with E-state index in [0.29, 0.717) is 41.0 Å². The molecular formula is C28H27F3. The van der Waals surface area contributed by atoms with Crippen molar-refractivity contribution in [3.8, 4) is 22.3 Å². The Bertz CT molecular complexity index is 1140. The van der Waals surface area contributed by atoms with Crippen LogP contribution in [0.2, 0.25) is 0 Å². The molecule has 0 radical (unpaired) electrons. The highest BCUT2D eigenvalue weighted by atomic mass is 19.2. The van der Waals surface area contributed by atoms with Gasteiger partial charge in [-0.05, 0) is 78.3 Å². The predicted molar refractivity (Wildman–Crippen MR) is 120 cm³/mol. The fourth-order valence-electron chi connectivity index (χ4n) is 5.24. The molecule has 160 valence electrons. The van der Waals surface area contributed by atoms with E-state index in [1.807, 2.05) is 43.3 Å². The minimum absolute atomic E-state index is 0.120. The molecule has 0 unspecified atom stereocenters. The molecule has 3 heteroatoms. The Kier molecular flexibility index (Phi) is 5.16. The van der Waals surface area contributed by atoms with Gasteiger partial charge in [-0.15, -0.1) is 0 Å². The van der Waals surface area contributed by atoms with Gasteiger partial charge in [0.05, 0.1) is 0 Å². The van der Waals surface area contributed by atoms with Crippen molar-refractivity contribution in [2.45, 2.75) is 58.3 Å². The monoisotopic (exact) mass is 420 g/mol. The average molecular weight is 421 g/mol. The minimum atomic E-state index is -0.905. The fraction of sp³-hybridized carbons (Fsp3) is 0.357. The van der Waals surface area contributed by atoms with Crippen molar-refractivity contribution in [1.29, 1.82) is 0 Å². The Balaban J connectivity index is 1.44. The molecule has 2 aliphatic rings. The van der Waals surface area contributed by atoms with Crippen molar-refractivity contribution >= 4 is 0 Å². The average Bonchev–Trinajstić information content (AvgIpc) is 2.75. The summed E-state index contributed by atoms with van der Waals surface area (Å²) < 4.78 is 45.3. The third kappa shape index (κ3) is 3.48. The van der Waals surface area contributed by atoms with Crippen LogP contribution in [0.1, 0.15) is 60.8 Å². The van der Waals surface area contributed by atoms with E-state index in [1.54, 1.807) is 6.07 Å². The summed E-state index contributed by atoms with van der Waals surface area (Å²) in [5.74, 6) is -1.25. The van der Waals surface area contributed by atoms with Gasteiger partial charge >= 0.3 is 0 Å². The van der Waals surface area contributed by atoms with Gasteiger partial charge in [0, 0.05) is 11.1 Å².